The Morgan fingerprint density at radius 1 is 1.53 bits per heavy atom. The van der Waals surface area contributed by atoms with E-state index in [-0.39, 0.29) is 12.0 Å². The quantitative estimate of drug-likeness (QED) is 0.720. The molecule has 1 aromatic rings. The lowest BCUT2D eigenvalue weighted by atomic mass is 9.95. The lowest BCUT2D eigenvalue weighted by Crippen LogP contribution is -2.27. The molecular weight excluding hydrogens is 260 g/mol. The van der Waals surface area contributed by atoms with Crippen LogP contribution in [0, 0.1) is 5.41 Å². The van der Waals surface area contributed by atoms with Crippen LogP contribution in [0.5, 0.6) is 0 Å². The van der Waals surface area contributed by atoms with Crippen LogP contribution in [0.4, 0.5) is 11.8 Å². The summed E-state index contributed by atoms with van der Waals surface area (Å²) in [5, 5.41) is 12.1. The molecule has 1 aromatic heterocycles. The maximum absolute atomic E-state index is 9.07. The van der Waals surface area contributed by atoms with Crippen LogP contribution in [-0.4, -0.2) is 28.2 Å². The Morgan fingerprint density at radius 2 is 2.20 bits per heavy atom. The summed E-state index contributed by atoms with van der Waals surface area (Å²) in [7, 11) is 0. The summed E-state index contributed by atoms with van der Waals surface area (Å²) in [6.45, 7) is 4.57. The van der Waals surface area contributed by atoms with Gasteiger partial charge in [-0.2, -0.15) is 4.98 Å². The second kappa shape index (κ2) is 4.76. The van der Waals surface area contributed by atoms with Gasteiger partial charge in [0.1, 0.15) is 10.4 Å². The molecule has 0 aromatic carbocycles. The molecule has 0 amide bonds. The van der Waals surface area contributed by atoms with Crippen molar-refractivity contribution in [3.05, 3.63) is 10.7 Å². The first-order chi connectivity index (χ1) is 6.93. The van der Waals surface area contributed by atoms with Crippen molar-refractivity contribution in [2.24, 2.45) is 5.41 Å². The van der Waals surface area contributed by atoms with Gasteiger partial charge in [-0.3, -0.25) is 0 Å². The van der Waals surface area contributed by atoms with E-state index >= 15 is 0 Å². The predicted octanol–water partition coefficient (Wildman–Crippen LogP) is 1.25. The molecule has 0 unspecified atom stereocenters. The monoisotopic (exact) mass is 274 g/mol. The third-order valence-electron chi connectivity index (χ3n) is 1.87. The number of aliphatic hydroxyl groups is 1. The molecule has 0 atom stereocenters. The average molecular weight is 275 g/mol. The van der Waals surface area contributed by atoms with Gasteiger partial charge in [-0.05, 0) is 15.9 Å². The Bertz CT molecular complexity index is 323. The highest BCUT2D eigenvalue weighted by Crippen LogP contribution is 2.16. The number of rotatable bonds is 4. The van der Waals surface area contributed by atoms with Crippen LogP contribution < -0.4 is 11.1 Å². The van der Waals surface area contributed by atoms with Gasteiger partial charge in [0.25, 0.3) is 0 Å². The van der Waals surface area contributed by atoms with Crippen LogP contribution >= 0.6 is 15.9 Å². The molecule has 0 bridgehead atoms. The zero-order valence-corrected chi connectivity index (χ0v) is 10.4. The fraction of sp³-hybridized carbons (Fsp3) is 0.556. The number of anilines is 2. The summed E-state index contributed by atoms with van der Waals surface area (Å²) in [5.74, 6) is 0.865. The van der Waals surface area contributed by atoms with Crippen molar-refractivity contribution >= 4 is 27.7 Å². The molecule has 5 nitrogen and oxygen atoms in total. The Hall–Kier alpha value is -0.880. The molecule has 0 fully saturated rings. The van der Waals surface area contributed by atoms with Gasteiger partial charge in [0.15, 0.2) is 0 Å². The molecule has 0 saturated carbocycles. The zero-order valence-electron chi connectivity index (χ0n) is 8.79. The van der Waals surface area contributed by atoms with Crippen molar-refractivity contribution < 1.29 is 5.11 Å². The molecule has 1 heterocycles. The van der Waals surface area contributed by atoms with E-state index in [4.69, 9.17) is 10.8 Å². The normalized spacial score (nSPS) is 11.5. The van der Waals surface area contributed by atoms with Gasteiger partial charge in [0.2, 0.25) is 5.95 Å². The number of nitrogen functional groups attached to an aromatic ring is 1. The average Bonchev–Trinajstić information content (AvgIpc) is 2.14. The Morgan fingerprint density at radius 3 is 2.73 bits per heavy atom. The van der Waals surface area contributed by atoms with E-state index in [1.807, 2.05) is 13.8 Å². The topological polar surface area (TPSA) is 84.1 Å². The minimum Gasteiger partial charge on any atom is -0.396 e. The van der Waals surface area contributed by atoms with Gasteiger partial charge < -0.3 is 16.2 Å². The lowest BCUT2D eigenvalue weighted by molar-refractivity contribution is 0.170. The number of nitrogens with one attached hydrogen (secondary N) is 1. The van der Waals surface area contributed by atoms with E-state index in [1.54, 1.807) is 6.07 Å². The number of nitrogens with zero attached hydrogens (tertiary/aromatic N) is 2. The summed E-state index contributed by atoms with van der Waals surface area (Å²) in [6.07, 6.45) is 0. The van der Waals surface area contributed by atoms with Crippen LogP contribution in [0.1, 0.15) is 13.8 Å². The van der Waals surface area contributed by atoms with Crippen molar-refractivity contribution in [3.63, 3.8) is 0 Å². The fourth-order valence-electron chi connectivity index (χ4n) is 0.888. The Kier molecular flexibility index (Phi) is 3.87. The number of hydrogen-bond acceptors (Lipinski definition) is 5. The number of nitrogens with two attached hydrogens (primary N) is 1. The first-order valence-electron chi connectivity index (χ1n) is 4.58. The number of aromatic nitrogens is 2. The summed E-state index contributed by atoms with van der Waals surface area (Å²) in [4.78, 5) is 8.12. The number of hydrogen-bond donors (Lipinski definition) is 3. The third-order valence-corrected chi connectivity index (χ3v) is 2.27. The van der Waals surface area contributed by atoms with E-state index in [0.29, 0.717) is 22.9 Å². The molecule has 0 aliphatic heterocycles. The second-order valence-electron chi connectivity index (χ2n) is 4.12. The van der Waals surface area contributed by atoms with Crippen molar-refractivity contribution in [1.29, 1.82) is 0 Å². The molecule has 6 heteroatoms. The molecule has 0 spiro atoms. The maximum atomic E-state index is 9.07. The molecule has 0 saturated heterocycles. The number of aliphatic hydroxyl groups excluding tert-OH is 1. The Labute approximate surface area is 97.2 Å². The van der Waals surface area contributed by atoms with Gasteiger partial charge in [-0.25, -0.2) is 4.98 Å². The highest BCUT2D eigenvalue weighted by atomic mass is 79.9. The van der Waals surface area contributed by atoms with E-state index in [1.165, 1.54) is 0 Å². The minimum atomic E-state index is -0.208. The van der Waals surface area contributed by atoms with Crippen LogP contribution in [-0.2, 0) is 0 Å². The Balaban J connectivity index is 2.65. The smallest absolute Gasteiger partial charge is 0.225 e. The van der Waals surface area contributed by atoms with Crippen LogP contribution in [0.3, 0.4) is 0 Å². The van der Waals surface area contributed by atoms with Crippen LogP contribution in [0.15, 0.2) is 10.7 Å². The van der Waals surface area contributed by atoms with E-state index in [2.05, 4.69) is 31.2 Å². The summed E-state index contributed by atoms with van der Waals surface area (Å²) in [6, 6.07) is 1.63. The van der Waals surface area contributed by atoms with Crippen LogP contribution in [0.25, 0.3) is 0 Å². The predicted molar refractivity (Wildman–Crippen MR) is 63.5 cm³/mol. The van der Waals surface area contributed by atoms with E-state index < -0.39 is 0 Å². The van der Waals surface area contributed by atoms with Gasteiger partial charge in [0, 0.05) is 24.6 Å². The van der Waals surface area contributed by atoms with Gasteiger partial charge >= 0.3 is 0 Å². The van der Waals surface area contributed by atoms with Gasteiger partial charge in [-0.15, -0.1) is 0 Å². The lowest BCUT2D eigenvalue weighted by Gasteiger charge is -2.21. The van der Waals surface area contributed by atoms with Crippen molar-refractivity contribution in [1.82, 2.24) is 9.97 Å². The van der Waals surface area contributed by atoms with Crippen molar-refractivity contribution in [2.75, 3.05) is 24.2 Å². The summed E-state index contributed by atoms with van der Waals surface area (Å²) in [5.41, 5.74) is 5.35. The van der Waals surface area contributed by atoms with Gasteiger partial charge in [0.05, 0.1) is 0 Å². The third kappa shape index (κ3) is 4.01. The summed E-state index contributed by atoms with van der Waals surface area (Å²) >= 11 is 3.23. The first-order valence-corrected chi connectivity index (χ1v) is 5.37. The second-order valence-corrected chi connectivity index (χ2v) is 4.93. The van der Waals surface area contributed by atoms with Gasteiger partial charge in [-0.1, -0.05) is 13.8 Å². The van der Waals surface area contributed by atoms with Crippen molar-refractivity contribution in [3.8, 4) is 0 Å². The first kappa shape index (κ1) is 12.2. The molecule has 15 heavy (non-hydrogen) atoms. The molecule has 4 N–H and O–H groups in total. The standard InChI is InChI=1S/C9H15BrN4O/c1-9(2,5-15)4-12-8-13-6(10)3-7(11)14-8/h3,15H,4-5H2,1-2H3,(H3,11,12,13,14). The maximum Gasteiger partial charge on any atom is 0.225 e. The van der Waals surface area contributed by atoms with Crippen LogP contribution in [0.2, 0.25) is 0 Å². The number of halogens is 1. The largest absolute Gasteiger partial charge is 0.396 e. The summed E-state index contributed by atoms with van der Waals surface area (Å²) < 4.78 is 0.638. The van der Waals surface area contributed by atoms with E-state index in [0.717, 1.165) is 0 Å². The minimum absolute atomic E-state index is 0.101. The highest BCUT2D eigenvalue weighted by molar-refractivity contribution is 9.10. The highest BCUT2D eigenvalue weighted by Gasteiger charge is 2.16. The molecule has 0 aliphatic carbocycles. The van der Waals surface area contributed by atoms with E-state index in [9.17, 15) is 0 Å². The molecule has 0 radical (unpaired) electrons. The zero-order chi connectivity index (χ0) is 11.5. The molecule has 84 valence electrons. The van der Waals surface area contributed by atoms with Crippen molar-refractivity contribution in [2.45, 2.75) is 13.8 Å². The SMILES string of the molecule is CC(C)(CO)CNc1nc(N)cc(Br)n1. The molecule has 0 aliphatic rings. The fourth-order valence-corrected chi connectivity index (χ4v) is 1.29. The molecule has 1 rings (SSSR count). The molecular formula is C9H15BrN4O.